The van der Waals surface area contributed by atoms with Crippen molar-refractivity contribution in [2.75, 3.05) is 5.43 Å². The Morgan fingerprint density at radius 1 is 1.30 bits per heavy atom. The molecular weight excluding hydrogens is 273 g/mol. The number of hydrogen-bond donors (Lipinski definition) is 1. The third kappa shape index (κ3) is 3.14. The van der Waals surface area contributed by atoms with Crippen LogP contribution in [0, 0.1) is 13.8 Å². The number of rotatable bonds is 3. The van der Waals surface area contributed by atoms with E-state index in [9.17, 15) is 13.2 Å². The SMILES string of the molecule is Cc1noc(C)c1C=NNc1ccc(C(F)(F)F)cn1. The third-order valence-corrected chi connectivity index (χ3v) is 2.55. The van der Waals surface area contributed by atoms with Gasteiger partial charge in [0.15, 0.2) is 0 Å². The molecule has 20 heavy (non-hydrogen) atoms. The van der Waals surface area contributed by atoms with Gasteiger partial charge in [0.25, 0.3) is 0 Å². The van der Waals surface area contributed by atoms with Crippen LogP contribution in [-0.4, -0.2) is 16.4 Å². The fourth-order valence-electron chi connectivity index (χ4n) is 1.46. The van der Waals surface area contributed by atoms with Crippen LogP contribution in [0.25, 0.3) is 0 Å². The minimum atomic E-state index is -4.40. The van der Waals surface area contributed by atoms with Crippen LogP contribution in [0.4, 0.5) is 19.0 Å². The summed E-state index contributed by atoms with van der Waals surface area (Å²) in [4.78, 5) is 3.62. The number of pyridine rings is 1. The lowest BCUT2D eigenvalue weighted by Crippen LogP contribution is -2.05. The molecular formula is C12H11F3N4O. The average molecular weight is 284 g/mol. The molecule has 2 heterocycles. The van der Waals surface area contributed by atoms with Gasteiger partial charge in [0.05, 0.1) is 23.0 Å². The molecule has 0 fully saturated rings. The van der Waals surface area contributed by atoms with Gasteiger partial charge in [-0.2, -0.15) is 18.3 Å². The number of nitrogens with zero attached hydrogens (tertiary/aromatic N) is 3. The van der Waals surface area contributed by atoms with Gasteiger partial charge in [0.1, 0.15) is 11.6 Å². The lowest BCUT2D eigenvalue weighted by atomic mass is 10.2. The molecule has 0 aromatic carbocycles. The summed E-state index contributed by atoms with van der Waals surface area (Å²) in [6.07, 6.45) is -2.18. The highest BCUT2D eigenvalue weighted by Crippen LogP contribution is 2.28. The van der Waals surface area contributed by atoms with E-state index in [0.29, 0.717) is 17.0 Å². The lowest BCUT2D eigenvalue weighted by molar-refractivity contribution is -0.137. The molecule has 106 valence electrons. The Hall–Kier alpha value is -2.38. The normalized spacial score (nSPS) is 12.1. The number of aromatic nitrogens is 2. The molecule has 0 saturated heterocycles. The molecule has 0 saturated carbocycles. The summed E-state index contributed by atoms with van der Waals surface area (Å²) in [5, 5.41) is 7.62. The molecule has 2 aromatic heterocycles. The van der Waals surface area contributed by atoms with Gasteiger partial charge in [-0.25, -0.2) is 4.98 Å². The highest BCUT2D eigenvalue weighted by molar-refractivity contribution is 5.82. The predicted octanol–water partition coefficient (Wildman–Crippen LogP) is 3.15. The molecule has 0 amide bonds. The highest BCUT2D eigenvalue weighted by atomic mass is 19.4. The van der Waals surface area contributed by atoms with Crippen LogP contribution < -0.4 is 5.43 Å². The van der Waals surface area contributed by atoms with Crippen molar-refractivity contribution in [2.45, 2.75) is 20.0 Å². The van der Waals surface area contributed by atoms with Crippen LogP contribution in [-0.2, 0) is 6.18 Å². The smallest absolute Gasteiger partial charge is 0.361 e. The fourth-order valence-corrected chi connectivity index (χ4v) is 1.46. The molecule has 0 atom stereocenters. The first-order valence-corrected chi connectivity index (χ1v) is 5.63. The number of nitrogens with one attached hydrogen (secondary N) is 1. The Kier molecular flexibility index (Phi) is 3.73. The summed E-state index contributed by atoms with van der Waals surface area (Å²) in [5.41, 5.74) is 3.12. The molecule has 1 N–H and O–H groups in total. The van der Waals surface area contributed by atoms with E-state index in [0.717, 1.165) is 12.3 Å². The minimum absolute atomic E-state index is 0.209. The average Bonchev–Trinajstić information content (AvgIpc) is 2.70. The Balaban J connectivity index is 2.05. The van der Waals surface area contributed by atoms with Crippen molar-refractivity contribution in [1.29, 1.82) is 0 Å². The number of hydrogen-bond acceptors (Lipinski definition) is 5. The van der Waals surface area contributed by atoms with Gasteiger partial charge in [-0.3, -0.25) is 5.43 Å². The third-order valence-electron chi connectivity index (χ3n) is 2.55. The largest absolute Gasteiger partial charge is 0.417 e. The van der Waals surface area contributed by atoms with Crippen molar-refractivity contribution in [3.05, 3.63) is 40.9 Å². The molecule has 0 unspecified atom stereocenters. The molecule has 8 heteroatoms. The first-order chi connectivity index (χ1) is 9.38. The quantitative estimate of drug-likeness (QED) is 0.694. The minimum Gasteiger partial charge on any atom is -0.361 e. The Morgan fingerprint density at radius 3 is 2.55 bits per heavy atom. The van der Waals surface area contributed by atoms with Gasteiger partial charge >= 0.3 is 6.18 Å². The highest BCUT2D eigenvalue weighted by Gasteiger charge is 2.30. The van der Waals surface area contributed by atoms with Crippen molar-refractivity contribution in [1.82, 2.24) is 10.1 Å². The molecule has 0 aliphatic heterocycles. The van der Waals surface area contributed by atoms with Crippen LogP contribution in [0.1, 0.15) is 22.6 Å². The maximum absolute atomic E-state index is 12.3. The van der Waals surface area contributed by atoms with E-state index in [-0.39, 0.29) is 5.82 Å². The van der Waals surface area contributed by atoms with Crippen LogP contribution in [0.5, 0.6) is 0 Å². The van der Waals surface area contributed by atoms with E-state index >= 15 is 0 Å². The zero-order valence-electron chi connectivity index (χ0n) is 10.7. The number of halogens is 3. The van der Waals surface area contributed by atoms with E-state index in [4.69, 9.17) is 4.52 Å². The second-order valence-corrected chi connectivity index (χ2v) is 4.04. The Labute approximate surface area is 112 Å². The maximum atomic E-state index is 12.3. The first-order valence-electron chi connectivity index (χ1n) is 5.63. The Morgan fingerprint density at radius 2 is 2.05 bits per heavy atom. The van der Waals surface area contributed by atoms with Crippen LogP contribution >= 0.6 is 0 Å². The monoisotopic (exact) mass is 284 g/mol. The number of hydrazone groups is 1. The molecule has 0 aliphatic carbocycles. The van der Waals surface area contributed by atoms with Gasteiger partial charge in [0, 0.05) is 6.20 Å². The standard InChI is InChI=1S/C12H11F3N4O/c1-7-10(8(2)20-19-7)6-17-18-11-4-3-9(5-16-11)12(13,14)15/h3-6H,1-2H3,(H,16,18). The van der Waals surface area contributed by atoms with Crippen molar-refractivity contribution in [2.24, 2.45) is 5.10 Å². The summed E-state index contributed by atoms with van der Waals surface area (Å²) in [5.74, 6) is 0.814. The molecule has 2 aromatic rings. The fraction of sp³-hybridized carbons (Fsp3) is 0.250. The van der Waals surface area contributed by atoms with E-state index in [1.807, 2.05) is 0 Å². The van der Waals surface area contributed by atoms with Crippen molar-refractivity contribution >= 4 is 12.0 Å². The molecule has 0 radical (unpaired) electrons. The van der Waals surface area contributed by atoms with Crippen molar-refractivity contribution in [3.8, 4) is 0 Å². The van der Waals surface area contributed by atoms with Gasteiger partial charge in [-0.1, -0.05) is 5.16 Å². The summed E-state index contributed by atoms with van der Waals surface area (Å²) < 4.78 is 42.0. The number of anilines is 1. The second-order valence-electron chi connectivity index (χ2n) is 4.04. The molecule has 0 spiro atoms. The summed E-state index contributed by atoms with van der Waals surface area (Å²) in [7, 11) is 0. The van der Waals surface area contributed by atoms with Crippen molar-refractivity contribution in [3.63, 3.8) is 0 Å². The number of alkyl halides is 3. The molecule has 2 rings (SSSR count). The van der Waals surface area contributed by atoms with E-state index in [1.165, 1.54) is 12.3 Å². The van der Waals surface area contributed by atoms with Gasteiger partial charge in [-0.05, 0) is 26.0 Å². The summed E-state index contributed by atoms with van der Waals surface area (Å²) in [6.45, 7) is 3.49. The van der Waals surface area contributed by atoms with E-state index in [1.54, 1.807) is 13.8 Å². The van der Waals surface area contributed by atoms with Gasteiger partial charge < -0.3 is 4.52 Å². The van der Waals surface area contributed by atoms with E-state index < -0.39 is 11.7 Å². The first kappa shape index (κ1) is 14.0. The lowest BCUT2D eigenvalue weighted by Gasteiger charge is -2.06. The van der Waals surface area contributed by atoms with Gasteiger partial charge in [0.2, 0.25) is 0 Å². The van der Waals surface area contributed by atoms with Crippen LogP contribution in [0.15, 0.2) is 28.0 Å². The van der Waals surface area contributed by atoms with Crippen LogP contribution in [0.3, 0.4) is 0 Å². The summed E-state index contributed by atoms with van der Waals surface area (Å²) >= 11 is 0. The zero-order valence-corrected chi connectivity index (χ0v) is 10.7. The van der Waals surface area contributed by atoms with E-state index in [2.05, 4.69) is 20.7 Å². The summed E-state index contributed by atoms with van der Waals surface area (Å²) in [6, 6.07) is 2.13. The maximum Gasteiger partial charge on any atom is 0.417 e. The molecule has 0 aliphatic rings. The number of aryl methyl sites for hydroxylation is 2. The topological polar surface area (TPSA) is 63.3 Å². The second kappa shape index (κ2) is 5.32. The molecule has 5 nitrogen and oxygen atoms in total. The molecule has 0 bridgehead atoms. The zero-order chi connectivity index (χ0) is 14.8. The Bertz CT molecular complexity index is 597. The van der Waals surface area contributed by atoms with Crippen LogP contribution in [0.2, 0.25) is 0 Å². The van der Waals surface area contributed by atoms with Gasteiger partial charge in [-0.15, -0.1) is 0 Å². The van der Waals surface area contributed by atoms with Crippen molar-refractivity contribution < 1.29 is 17.7 Å². The predicted molar refractivity (Wildman–Crippen MR) is 66.4 cm³/mol.